The van der Waals surface area contributed by atoms with Crippen LogP contribution >= 0.6 is 0 Å². The zero-order valence-corrected chi connectivity index (χ0v) is 7.96. The van der Waals surface area contributed by atoms with Gasteiger partial charge in [-0.3, -0.25) is 0 Å². The summed E-state index contributed by atoms with van der Waals surface area (Å²) in [4.78, 5) is 0. The van der Waals surface area contributed by atoms with Crippen molar-refractivity contribution in [3.8, 4) is 0 Å². The molecule has 0 spiro atoms. The molecule has 0 fully saturated rings. The number of furan rings is 1. The molecule has 1 aromatic heterocycles. The summed E-state index contributed by atoms with van der Waals surface area (Å²) < 4.78 is 18.5. The molecule has 0 aliphatic carbocycles. The number of benzene rings is 1. The summed E-state index contributed by atoms with van der Waals surface area (Å²) in [5.74, 6) is -0.131. The maximum Gasteiger partial charge on any atom is 0.137 e. The van der Waals surface area contributed by atoms with Crippen LogP contribution in [0.3, 0.4) is 0 Å². The van der Waals surface area contributed by atoms with Crippen molar-refractivity contribution in [2.45, 2.75) is 12.8 Å². The standard InChI is InChI=1S/C11H12FNO/c1-7(6-13)10-5-9(12)4-8-2-3-14-11(8)10/h2-5,7H,6,13H2,1H3. The Kier molecular flexibility index (Phi) is 2.25. The van der Waals surface area contributed by atoms with Crippen LogP contribution in [-0.2, 0) is 0 Å². The largest absolute Gasteiger partial charge is 0.464 e. The van der Waals surface area contributed by atoms with Crippen molar-refractivity contribution in [3.05, 3.63) is 35.8 Å². The van der Waals surface area contributed by atoms with Crippen LogP contribution in [0.15, 0.2) is 28.9 Å². The van der Waals surface area contributed by atoms with E-state index in [-0.39, 0.29) is 11.7 Å². The molecule has 2 N–H and O–H groups in total. The molecule has 1 atom stereocenters. The molecule has 0 aliphatic heterocycles. The van der Waals surface area contributed by atoms with Gasteiger partial charge in [0.05, 0.1) is 6.26 Å². The molecule has 0 radical (unpaired) electrons. The SMILES string of the molecule is CC(CN)c1cc(F)cc2ccoc12. The molecule has 2 nitrogen and oxygen atoms in total. The Balaban J connectivity index is 2.66. The monoisotopic (exact) mass is 193 g/mol. The molecule has 74 valence electrons. The van der Waals surface area contributed by atoms with E-state index >= 15 is 0 Å². The summed E-state index contributed by atoms with van der Waals surface area (Å²) in [5.41, 5.74) is 7.13. The summed E-state index contributed by atoms with van der Waals surface area (Å²) in [5, 5.41) is 0.792. The fraction of sp³-hybridized carbons (Fsp3) is 0.273. The predicted octanol–water partition coefficient (Wildman–Crippen LogP) is 2.63. The van der Waals surface area contributed by atoms with Crippen molar-refractivity contribution in [1.29, 1.82) is 0 Å². The van der Waals surface area contributed by atoms with Gasteiger partial charge in [-0.25, -0.2) is 4.39 Å². The first-order chi connectivity index (χ1) is 6.72. The highest BCUT2D eigenvalue weighted by Gasteiger charge is 2.12. The van der Waals surface area contributed by atoms with E-state index < -0.39 is 0 Å². The molecule has 0 aliphatic rings. The van der Waals surface area contributed by atoms with Gasteiger partial charge in [0.1, 0.15) is 11.4 Å². The first kappa shape index (κ1) is 9.21. The second kappa shape index (κ2) is 3.42. The van der Waals surface area contributed by atoms with Crippen LogP contribution in [0.5, 0.6) is 0 Å². The highest BCUT2D eigenvalue weighted by molar-refractivity contribution is 5.80. The average Bonchev–Trinajstić information content (AvgIpc) is 2.62. The van der Waals surface area contributed by atoms with E-state index in [2.05, 4.69) is 0 Å². The molecule has 0 saturated heterocycles. The topological polar surface area (TPSA) is 39.2 Å². The minimum absolute atomic E-state index is 0.111. The first-order valence-corrected chi connectivity index (χ1v) is 4.59. The lowest BCUT2D eigenvalue weighted by Crippen LogP contribution is -2.09. The minimum atomic E-state index is -0.241. The van der Waals surface area contributed by atoms with Crippen LogP contribution < -0.4 is 5.73 Å². The second-order valence-electron chi connectivity index (χ2n) is 3.47. The molecule has 1 heterocycles. The van der Waals surface area contributed by atoms with E-state index in [9.17, 15) is 4.39 Å². The fourth-order valence-electron chi connectivity index (χ4n) is 1.56. The van der Waals surface area contributed by atoms with Gasteiger partial charge in [-0.1, -0.05) is 6.92 Å². The van der Waals surface area contributed by atoms with Gasteiger partial charge in [0.15, 0.2) is 0 Å². The van der Waals surface area contributed by atoms with Crippen molar-refractivity contribution in [1.82, 2.24) is 0 Å². The quantitative estimate of drug-likeness (QED) is 0.796. The Labute approximate surface area is 81.5 Å². The second-order valence-corrected chi connectivity index (χ2v) is 3.47. The molecule has 0 bridgehead atoms. The zero-order chi connectivity index (χ0) is 10.1. The van der Waals surface area contributed by atoms with Gasteiger partial charge in [-0.15, -0.1) is 0 Å². The highest BCUT2D eigenvalue weighted by Crippen LogP contribution is 2.27. The third-order valence-corrected chi connectivity index (χ3v) is 2.43. The number of hydrogen-bond acceptors (Lipinski definition) is 2. The molecule has 1 unspecified atom stereocenters. The summed E-state index contributed by atoms with van der Waals surface area (Å²) >= 11 is 0. The molecular weight excluding hydrogens is 181 g/mol. The van der Waals surface area contributed by atoms with Gasteiger partial charge in [0.2, 0.25) is 0 Å². The molecule has 1 aromatic carbocycles. The van der Waals surface area contributed by atoms with E-state index in [0.717, 1.165) is 16.5 Å². The van der Waals surface area contributed by atoms with Crippen LogP contribution in [-0.4, -0.2) is 6.54 Å². The van der Waals surface area contributed by atoms with Crippen molar-refractivity contribution < 1.29 is 8.81 Å². The van der Waals surface area contributed by atoms with Crippen molar-refractivity contribution >= 4 is 11.0 Å². The van der Waals surface area contributed by atoms with E-state index in [0.29, 0.717) is 6.54 Å². The van der Waals surface area contributed by atoms with Gasteiger partial charge < -0.3 is 10.2 Å². The van der Waals surface area contributed by atoms with Crippen LogP contribution in [0.4, 0.5) is 4.39 Å². The molecule has 0 saturated carbocycles. The van der Waals surface area contributed by atoms with Crippen LogP contribution in [0.25, 0.3) is 11.0 Å². The molecule has 3 heteroatoms. The van der Waals surface area contributed by atoms with Gasteiger partial charge >= 0.3 is 0 Å². The van der Waals surface area contributed by atoms with Crippen molar-refractivity contribution in [3.63, 3.8) is 0 Å². The third kappa shape index (κ3) is 1.40. The highest BCUT2D eigenvalue weighted by atomic mass is 19.1. The van der Waals surface area contributed by atoms with Crippen LogP contribution in [0, 0.1) is 5.82 Å². The van der Waals surface area contributed by atoms with E-state index in [1.54, 1.807) is 12.3 Å². The van der Waals surface area contributed by atoms with Crippen molar-refractivity contribution in [2.24, 2.45) is 5.73 Å². The Morgan fingerprint density at radius 2 is 2.29 bits per heavy atom. The Bertz CT molecular complexity index is 449. The number of hydrogen-bond donors (Lipinski definition) is 1. The van der Waals surface area contributed by atoms with E-state index in [1.165, 1.54) is 12.1 Å². The van der Waals surface area contributed by atoms with Crippen LogP contribution in [0.1, 0.15) is 18.4 Å². The number of halogens is 1. The normalized spacial score (nSPS) is 13.4. The summed E-state index contributed by atoms with van der Waals surface area (Å²) in [6, 6.07) is 4.71. The lowest BCUT2D eigenvalue weighted by atomic mass is 9.99. The third-order valence-electron chi connectivity index (χ3n) is 2.43. The molecule has 0 amide bonds. The smallest absolute Gasteiger partial charge is 0.137 e. The molecule has 2 rings (SSSR count). The lowest BCUT2D eigenvalue weighted by Gasteiger charge is -2.09. The average molecular weight is 193 g/mol. The van der Waals surface area contributed by atoms with Crippen LogP contribution in [0.2, 0.25) is 0 Å². The van der Waals surface area contributed by atoms with E-state index in [1.807, 2.05) is 6.92 Å². The lowest BCUT2D eigenvalue weighted by molar-refractivity contribution is 0.595. The molecular formula is C11H12FNO. The zero-order valence-electron chi connectivity index (χ0n) is 7.96. The summed E-state index contributed by atoms with van der Waals surface area (Å²) in [7, 11) is 0. The number of nitrogens with two attached hydrogens (primary N) is 1. The maximum atomic E-state index is 13.2. The van der Waals surface area contributed by atoms with Gasteiger partial charge in [-0.05, 0) is 30.7 Å². The molecule has 14 heavy (non-hydrogen) atoms. The summed E-state index contributed by atoms with van der Waals surface area (Å²) in [6.45, 7) is 2.44. The van der Waals surface area contributed by atoms with Gasteiger partial charge in [0.25, 0.3) is 0 Å². The Hall–Kier alpha value is -1.35. The summed E-state index contributed by atoms with van der Waals surface area (Å²) in [6.07, 6.45) is 1.57. The fourth-order valence-corrected chi connectivity index (χ4v) is 1.56. The Morgan fingerprint density at radius 3 is 3.00 bits per heavy atom. The minimum Gasteiger partial charge on any atom is -0.464 e. The number of rotatable bonds is 2. The number of fused-ring (bicyclic) bond motifs is 1. The Morgan fingerprint density at radius 1 is 1.50 bits per heavy atom. The molecule has 2 aromatic rings. The van der Waals surface area contributed by atoms with E-state index in [4.69, 9.17) is 10.2 Å². The van der Waals surface area contributed by atoms with Crippen molar-refractivity contribution in [2.75, 3.05) is 6.54 Å². The van der Waals surface area contributed by atoms with Gasteiger partial charge in [-0.2, -0.15) is 0 Å². The maximum absolute atomic E-state index is 13.2. The predicted molar refractivity (Wildman–Crippen MR) is 53.6 cm³/mol. The first-order valence-electron chi connectivity index (χ1n) is 4.59. The van der Waals surface area contributed by atoms with Gasteiger partial charge in [0, 0.05) is 10.9 Å².